The molecule has 0 unspecified atom stereocenters. The molecule has 3 aromatic rings. The molecule has 0 fully saturated rings. The maximum atomic E-state index is 12.9. The molecule has 1 nitrogen and oxygen atoms in total. The number of hydrogen-bond acceptors (Lipinski definition) is 1. The fourth-order valence-electron chi connectivity index (χ4n) is 4.20. The molecule has 0 amide bonds. The maximum Gasteiger partial charge on any atom is 0.163 e. The molecule has 0 atom stereocenters. The maximum absolute atomic E-state index is 12.9. The Bertz CT molecular complexity index is 1160. The third kappa shape index (κ3) is 3.64. The van der Waals surface area contributed by atoms with Gasteiger partial charge in [-0.2, -0.15) is 0 Å². The van der Waals surface area contributed by atoms with Gasteiger partial charge in [0.15, 0.2) is 5.78 Å². The number of Topliss-reactive ketones (excluding diaryl/α,β-unsaturated/α-hetero) is 1. The van der Waals surface area contributed by atoms with Crippen LogP contribution < -0.4 is 0 Å². The van der Waals surface area contributed by atoms with Crippen LogP contribution in [0, 0.1) is 0 Å². The van der Waals surface area contributed by atoms with Gasteiger partial charge in [-0.25, -0.2) is 0 Å². The number of benzene rings is 3. The molecule has 29 heavy (non-hydrogen) atoms. The summed E-state index contributed by atoms with van der Waals surface area (Å²) < 4.78 is 0. The van der Waals surface area contributed by atoms with Crippen LogP contribution in [-0.4, -0.2) is 5.78 Å². The lowest BCUT2D eigenvalue weighted by molar-refractivity contribution is -0.115. The summed E-state index contributed by atoms with van der Waals surface area (Å²) in [4.78, 5) is 12.9. The smallest absolute Gasteiger partial charge is 0.163 e. The van der Waals surface area contributed by atoms with E-state index in [1.165, 1.54) is 33.4 Å². The van der Waals surface area contributed by atoms with Gasteiger partial charge in [0.05, 0.1) is 0 Å². The van der Waals surface area contributed by atoms with E-state index in [1.807, 2.05) is 30.3 Å². The normalized spacial score (nSPS) is 14.8. The van der Waals surface area contributed by atoms with Gasteiger partial charge in [0, 0.05) is 12.8 Å². The Morgan fingerprint density at radius 3 is 2.14 bits per heavy atom. The summed E-state index contributed by atoms with van der Waals surface area (Å²) in [5.41, 5.74) is 9.63. The molecule has 5 rings (SSSR count). The first-order valence-corrected chi connectivity index (χ1v) is 10.1. The van der Waals surface area contributed by atoms with Crippen molar-refractivity contribution in [1.82, 2.24) is 0 Å². The van der Waals surface area contributed by atoms with Gasteiger partial charge in [0.25, 0.3) is 0 Å². The van der Waals surface area contributed by atoms with E-state index in [0.717, 1.165) is 24.0 Å². The fourth-order valence-corrected chi connectivity index (χ4v) is 4.20. The molecule has 2 aliphatic carbocycles. The number of hydrogen-bond donors (Lipinski definition) is 0. The minimum Gasteiger partial charge on any atom is -0.294 e. The highest BCUT2D eigenvalue weighted by Gasteiger charge is 2.19. The highest BCUT2D eigenvalue weighted by molar-refractivity contribution is 6.01. The first kappa shape index (κ1) is 17.6. The van der Waals surface area contributed by atoms with Crippen LogP contribution in [0.3, 0.4) is 0 Å². The monoisotopic (exact) mass is 374 g/mol. The molecule has 0 N–H and O–H groups in total. The Labute approximate surface area is 171 Å². The summed E-state index contributed by atoms with van der Waals surface area (Å²) in [6.07, 6.45) is 8.49. The van der Waals surface area contributed by atoms with Crippen molar-refractivity contribution >= 4 is 23.0 Å². The zero-order chi connectivity index (χ0) is 19.6. The Morgan fingerprint density at radius 1 is 0.724 bits per heavy atom. The van der Waals surface area contributed by atoms with Gasteiger partial charge in [0.1, 0.15) is 0 Å². The third-order valence-electron chi connectivity index (χ3n) is 5.80. The summed E-state index contributed by atoms with van der Waals surface area (Å²) in [5.74, 6) is 0.220. The van der Waals surface area contributed by atoms with Gasteiger partial charge in [-0.05, 0) is 51.0 Å². The second-order valence-corrected chi connectivity index (χ2v) is 7.77. The zero-order valence-corrected chi connectivity index (χ0v) is 16.3. The van der Waals surface area contributed by atoms with Crippen LogP contribution in [0.1, 0.15) is 34.2 Å². The molecule has 0 saturated carbocycles. The number of allylic oxidation sites excluding steroid dienone is 5. The summed E-state index contributed by atoms with van der Waals surface area (Å²) in [7, 11) is 0. The molecule has 0 spiro atoms. The van der Waals surface area contributed by atoms with E-state index in [9.17, 15) is 4.79 Å². The topological polar surface area (TPSA) is 17.1 Å². The van der Waals surface area contributed by atoms with Gasteiger partial charge in [-0.3, -0.25) is 4.79 Å². The predicted molar refractivity (Wildman–Crippen MR) is 120 cm³/mol. The molecule has 0 aliphatic heterocycles. The van der Waals surface area contributed by atoms with Crippen LogP contribution in [0.4, 0.5) is 0 Å². The van der Waals surface area contributed by atoms with E-state index in [-0.39, 0.29) is 5.78 Å². The summed E-state index contributed by atoms with van der Waals surface area (Å²) in [5, 5.41) is 0. The predicted octanol–water partition coefficient (Wildman–Crippen LogP) is 6.31. The van der Waals surface area contributed by atoms with Crippen LogP contribution in [0.2, 0.25) is 0 Å². The molecule has 1 heteroatoms. The molecular formula is C28H22O. The van der Waals surface area contributed by atoms with Crippen molar-refractivity contribution in [3.05, 3.63) is 124 Å². The summed E-state index contributed by atoms with van der Waals surface area (Å²) in [6, 6.07) is 27.3. The van der Waals surface area contributed by atoms with Gasteiger partial charge >= 0.3 is 0 Å². The average Bonchev–Trinajstić information content (AvgIpc) is 3.42. The highest BCUT2D eigenvalue weighted by atomic mass is 16.1. The zero-order valence-electron chi connectivity index (χ0n) is 16.3. The Hall–Kier alpha value is -3.45. The van der Waals surface area contributed by atoms with Crippen molar-refractivity contribution in [2.75, 3.05) is 0 Å². The van der Waals surface area contributed by atoms with E-state index < -0.39 is 0 Å². The average molecular weight is 374 g/mol. The van der Waals surface area contributed by atoms with E-state index >= 15 is 0 Å². The van der Waals surface area contributed by atoms with Crippen molar-refractivity contribution < 1.29 is 4.79 Å². The van der Waals surface area contributed by atoms with E-state index in [4.69, 9.17) is 0 Å². The van der Waals surface area contributed by atoms with Crippen LogP contribution in [-0.2, 0) is 17.6 Å². The van der Waals surface area contributed by atoms with Crippen molar-refractivity contribution in [1.29, 1.82) is 0 Å². The minimum absolute atomic E-state index is 0.220. The first-order valence-electron chi connectivity index (χ1n) is 10.1. The van der Waals surface area contributed by atoms with Gasteiger partial charge in [-0.15, -0.1) is 0 Å². The third-order valence-corrected chi connectivity index (χ3v) is 5.80. The van der Waals surface area contributed by atoms with Crippen LogP contribution in [0.15, 0.2) is 96.6 Å². The molecule has 2 aliphatic rings. The number of rotatable bonds is 5. The number of fused-ring (bicyclic) bond motifs is 1. The first-order chi connectivity index (χ1) is 14.3. The molecule has 0 radical (unpaired) electrons. The van der Waals surface area contributed by atoms with Crippen molar-refractivity contribution in [2.45, 2.75) is 19.3 Å². The van der Waals surface area contributed by atoms with E-state index in [0.29, 0.717) is 6.42 Å². The lowest BCUT2D eigenvalue weighted by atomic mass is 9.96. The lowest BCUT2D eigenvalue weighted by Crippen LogP contribution is -2.06. The molecule has 140 valence electrons. The van der Waals surface area contributed by atoms with Gasteiger partial charge in [-0.1, -0.05) is 97.1 Å². The number of carbonyl (C=O) groups is 1. The van der Waals surface area contributed by atoms with E-state index in [1.54, 1.807) is 0 Å². The Morgan fingerprint density at radius 2 is 1.41 bits per heavy atom. The van der Waals surface area contributed by atoms with Crippen LogP contribution in [0.25, 0.3) is 17.2 Å². The molecule has 3 aromatic carbocycles. The molecule has 0 heterocycles. The van der Waals surface area contributed by atoms with Crippen molar-refractivity contribution in [3.8, 4) is 0 Å². The second-order valence-electron chi connectivity index (χ2n) is 7.77. The minimum atomic E-state index is 0.220. The van der Waals surface area contributed by atoms with Crippen molar-refractivity contribution in [3.63, 3.8) is 0 Å². The number of ketones is 1. The molecule has 0 aromatic heterocycles. The number of carbonyl (C=O) groups excluding carboxylic acids is 1. The largest absolute Gasteiger partial charge is 0.294 e. The lowest BCUT2D eigenvalue weighted by Gasteiger charge is -2.07. The van der Waals surface area contributed by atoms with E-state index in [2.05, 4.69) is 66.7 Å². The summed E-state index contributed by atoms with van der Waals surface area (Å²) >= 11 is 0. The van der Waals surface area contributed by atoms with Gasteiger partial charge in [0.2, 0.25) is 0 Å². The molecule has 0 bridgehead atoms. The SMILES string of the molecule is O=C(Cc1ccc2c(c1)C=C(c1ccccc1)C2)C1=CC=C(c2ccccc2)C1. The second kappa shape index (κ2) is 7.52. The quantitative estimate of drug-likeness (QED) is 0.511. The van der Waals surface area contributed by atoms with Crippen LogP contribution >= 0.6 is 0 Å². The standard InChI is InChI=1S/C28H22O/c29-28(25-14-13-23(17-25)21-7-3-1-4-8-21)16-20-11-12-24-18-27(19-26(24)15-20)22-9-5-2-6-10-22/h1-15,19H,16-18H2. The highest BCUT2D eigenvalue weighted by Crippen LogP contribution is 2.33. The van der Waals surface area contributed by atoms with Crippen molar-refractivity contribution in [2.24, 2.45) is 0 Å². The molecule has 0 saturated heterocycles. The van der Waals surface area contributed by atoms with Crippen LogP contribution in [0.5, 0.6) is 0 Å². The van der Waals surface area contributed by atoms with Gasteiger partial charge < -0.3 is 0 Å². The fraction of sp³-hybridized carbons (Fsp3) is 0.107. The molecular weight excluding hydrogens is 352 g/mol. The Balaban J connectivity index is 1.28. The Kier molecular flexibility index (Phi) is 4.57. The summed E-state index contributed by atoms with van der Waals surface area (Å²) in [6.45, 7) is 0.